The third-order valence-electron chi connectivity index (χ3n) is 5.56. The molecule has 0 atom stereocenters. The van der Waals surface area contributed by atoms with E-state index >= 15 is 0 Å². The molecule has 2 heterocycles. The Hall–Kier alpha value is -3.39. The van der Waals surface area contributed by atoms with Gasteiger partial charge >= 0.3 is 0 Å². The second kappa shape index (κ2) is 10.3. The molecule has 1 aliphatic rings. The molecule has 32 heavy (non-hydrogen) atoms. The number of nitrogens with zero attached hydrogens (tertiary/aromatic N) is 3. The third-order valence-corrected chi connectivity index (χ3v) is 5.56. The highest BCUT2D eigenvalue weighted by atomic mass is 16.5. The number of methoxy groups -OCH3 is 2. The Bertz CT molecular complexity index is 1070. The van der Waals surface area contributed by atoms with Gasteiger partial charge in [-0.3, -0.25) is 4.79 Å². The van der Waals surface area contributed by atoms with Gasteiger partial charge in [-0.2, -0.15) is 0 Å². The van der Waals surface area contributed by atoms with Crippen molar-refractivity contribution in [1.29, 1.82) is 0 Å². The van der Waals surface area contributed by atoms with Gasteiger partial charge in [0.15, 0.2) is 11.5 Å². The molecule has 1 N–H and O–H groups in total. The molecule has 8 heteroatoms. The normalized spacial score (nSPS) is 13.8. The number of carbonyl (C=O) groups is 1. The topological polar surface area (TPSA) is 85.8 Å². The molecule has 0 aliphatic carbocycles. The summed E-state index contributed by atoms with van der Waals surface area (Å²) in [6, 6.07) is 11.0. The van der Waals surface area contributed by atoms with Crippen LogP contribution in [0.25, 0.3) is 10.9 Å². The Morgan fingerprint density at radius 3 is 2.47 bits per heavy atom. The number of nitrogens with one attached hydrogen (secondary N) is 1. The van der Waals surface area contributed by atoms with Gasteiger partial charge in [0.2, 0.25) is 11.8 Å². The van der Waals surface area contributed by atoms with Crippen molar-refractivity contribution in [2.24, 2.45) is 0 Å². The summed E-state index contributed by atoms with van der Waals surface area (Å²) in [6.45, 7) is 3.88. The Kier molecular flexibility index (Phi) is 7.01. The van der Waals surface area contributed by atoms with Crippen LogP contribution in [-0.2, 0) is 11.2 Å². The maximum Gasteiger partial charge on any atom is 0.230 e. The summed E-state index contributed by atoms with van der Waals surface area (Å²) in [5, 5.41) is 3.72. The first-order valence-corrected chi connectivity index (χ1v) is 10.8. The van der Waals surface area contributed by atoms with E-state index in [1.54, 1.807) is 26.4 Å². The summed E-state index contributed by atoms with van der Waals surface area (Å²) in [6.07, 6.45) is 4.31. The van der Waals surface area contributed by atoms with Gasteiger partial charge in [-0.15, -0.1) is 0 Å². The molecule has 0 bridgehead atoms. The summed E-state index contributed by atoms with van der Waals surface area (Å²) >= 11 is 0. The molecule has 1 fully saturated rings. The first-order chi connectivity index (χ1) is 15.7. The van der Waals surface area contributed by atoms with E-state index < -0.39 is 0 Å². The van der Waals surface area contributed by atoms with E-state index in [-0.39, 0.29) is 5.91 Å². The largest absolute Gasteiger partial charge is 0.493 e. The van der Waals surface area contributed by atoms with Crippen molar-refractivity contribution in [3.8, 4) is 23.1 Å². The SMILES string of the molecule is COc1cc2ncnc(Oc3ccc(CC(=O)NCCN4CCCC4)cc3)c2cc1OC. The first kappa shape index (κ1) is 21.8. The van der Waals surface area contributed by atoms with Crippen molar-refractivity contribution in [2.75, 3.05) is 40.4 Å². The van der Waals surface area contributed by atoms with Gasteiger partial charge < -0.3 is 24.4 Å². The van der Waals surface area contributed by atoms with Crippen LogP contribution in [0.15, 0.2) is 42.7 Å². The molecule has 1 amide bonds. The van der Waals surface area contributed by atoms with E-state index in [0.717, 1.165) is 25.2 Å². The lowest BCUT2D eigenvalue weighted by Crippen LogP contribution is -2.34. The zero-order chi connectivity index (χ0) is 22.3. The van der Waals surface area contributed by atoms with Crippen LogP contribution in [0, 0.1) is 0 Å². The van der Waals surface area contributed by atoms with Crippen LogP contribution in [0.2, 0.25) is 0 Å². The lowest BCUT2D eigenvalue weighted by atomic mass is 10.1. The highest BCUT2D eigenvalue weighted by Gasteiger charge is 2.13. The number of rotatable bonds is 9. The fourth-order valence-corrected chi connectivity index (χ4v) is 3.84. The fraction of sp³-hybridized carbons (Fsp3) is 0.375. The predicted octanol–water partition coefficient (Wildman–Crippen LogP) is 3.19. The van der Waals surface area contributed by atoms with E-state index in [0.29, 0.717) is 47.0 Å². The molecule has 0 radical (unpaired) electrons. The standard InChI is InChI=1S/C24H28N4O4/c1-30-21-14-19-20(15-22(21)31-2)26-16-27-24(19)32-18-7-5-17(6-8-18)13-23(29)25-9-12-28-10-3-4-11-28/h5-8,14-16H,3-4,9-13H2,1-2H3,(H,25,29). The molecule has 0 unspecified atom stereocenters. The van der Waals surface area contributed by atoms with Gasteiger partial charge in [0.1, 0.15) is 12.1 Å². The third kappa shape index (κ3) is 5.26. The molecule has 0 saturated carbocycles. The second-order valence-corrected chi connectivity index (χ2v) is 7.72. The van der Waals surface area contributed by atoms with Crippen molar-refractivity contribution >= 4 is 16.8 Å². The van der Waals surface area contributed by atoms with Crippen molar-refractivity contribution in [3.05, 3.63) is 48.3 Å². The zero-order valence-electron chi connectivity index (χ0n) is 18.5. The second-order valence-electron chi connectivity index (χ2n) is 7.72. The van der Waals surface area contributed by atoms with E-state index in [4.69, 9.17) is 14.2 Å². The molecule has 1 aromatic heterocycles. The van der Waals surface area contributed by atoms with E-state index in [1.165, 1.54) is 19.2 Å². The summed E-state index contributed by atoms with van der Waals surface area (Å²) in [5.74, 6) is 2.24. The van der Waals surface area contributed by atoms with Crippen LogP contribution in [0.3, 0.4) is 0 Å². The first-order valence-electron chi connectivity index (χ1n) is 10.8. The maximum absolute atomic E-state index is 12.2. The molecule has 8 nitrogen and oxygen atoms in total. The van der Waals surface area contributed by atoms with E-state index in [9.17, 15) is 4.79 Å². The van der Waals surface area contributed by atoms with Crippen molar-refractivity contribution < 1.29 is 19.0 Å². The van der Waals surface area contributed by atoms with Gasteiger partial charge in [0.25, 0.3) is 0 Å². The van der Waals surface area contributed by atoms with Crippen LogP contribution in [-0.4, -0.2) is 61.2 Å². The predicted molar refractivity (Wildman–Crippen MR) is 122 cm³/mol. The fourth-order valence-electron chi connectivity index (χ4n) is 3.84. The summed E-state index contributed by atoms with van der Waals surface area (Å²) < 4.78 is 16.7. The molecule has 1 saturated heterocycles. The minimum absolute atomic E-state index is 0.0284. The molecule has 3 aromatic rings. The maximum atomic E-state index is 12.2. The molecule has 4 rings (SSSR count). The van der Waals surface area contributed by atoms with Gasteiger partial charge in [-0.05, 0) is 49.7 Å². The molecule has 1 aliphatic heterocycles. The minimum atomic E-state index is 0.0284. The highest BCUT2D eigenvalue weighted by molar-refractivity contribution is 5.87. The summed E-state index contributed by atoms with van der Waals surface area (Å²) in [4.78, 5) is 23.2. The average Bonchev–Trinajstić information content (AvgIpc) is 3.33. The number of amides is 1. The van der Waals surface area contributed by atoms with E-state index in [2.05, 4.69) is 20.2 Å². The minimum Gasteiger partial charge on any atom is -0.493 e. The monoisotopic (exact) mass is 436 g/mol. The van der Waals surface area contributed by atoms with Crippen molar-refractivity contribution in [2.45, 2.75) is 19.3 Å². The molecular weight excluding hydrogens is 408 g/mol. The van der Waals surface area contributed by atoms with Crippen LogP contribution < -0.4 is 19.5 Å². The van der Waals surface area contributed by atoms with Gasteiger partial charge in [-0.25, -0.2) is 9.97 Å². The van der Waals surface area contributed by atoms with Gasteiger partial charge in [-0.1, -0.05) is 12.1 Å². The number of ether oxygens (including phenoxy) is 3. The molecular formula is C24H28N4O4. The Balaban J connectivity index is 1.38. The zero-order valence-corrected chi connectivity index (χ0v) is 18.5. The number of carbonyl (C=O) groups excluding carboxylic acids is 1. The molecule has 2 aromatic carbocycles. The molecule has 0 spiro atoms. The highest BCUT2D eigenvalue weighted by Crippen LogP contribution is 2.35. The van der Waals surface area contributed by atoms with Gasteiger partial charge in [0.05, 0.1) is 31.5 Å². The Labute approximate surface area is 187 Å². The van der Waals surface area contributed by atoms with Crippen LogP contribution in [0.4, 0.5) is 0 Å². The van der Waals surface area contributed by atoms with Crippen LogP contribution in [0.1, 0.15) is 18.4 Å². The number of fused-ring (bicyclic) bond motifs is 1. The van der Waals surface area contributed by atoms with Crippen molar-refractivity contribution in [1.82, 2.24) is 20.2 Å². The smallest absolute Gasteiger partial charge is 0.230 e. The number of hydrogen-bond acceptors (Lipinski definition) is 7. The number of benzene rings is 2. The quantitative estimate of drug-likeness (QED) is 0.551. The van der Waals surface area contributed by atoms with Crippen LogP contribution >= 0.6 is 0 Å². The number of hydrogen-bond donors (Lipinski definition) is 1. The number of aromatic nitrogens is 2. The Morgan fingerprint density at radius 1 is 1.03 bits per heavy atom. The summed E-state index contributed by atoms with van der Waals surface area (Å²) in [7, 11) is 3.16. The summed E-state index contributed by atoms with van der Waals surface area (Å²) in [5.41, 5.74) is 1.62. The van der Waals surface area contributed by atoms with Crippen LogP contribution in [0.5, 0.6) is 23.1 Å². The number of likely N-dealkylation sites (tertiary alicyclic amines) is 1. The molecule has 168 valence electrons. The lowest BCUT2D eigenvalue weighted by molar-refractivity contribution is -0.120. The van der Waals surface area contributed by atoms with Gasteiger partial charge in [0, 0.05) is 19.2 Å². The lowest BCUT2D eigenvalue weighted by Gasteiger charge is -2.14. The van der Waals surface area contributed by atoms with Crippen molar-refractivity contribution in [3.63, 3.8) is 0 Å². The van der Waals surface area contributed by atoms with E-state index in [1.807, 2.05) is 24.3 Å². The Morgan fingerprint density at radius 2 is 1.75 bits per heavy atom. The average molecular weight is 437 g/mol.